The van der Waals surface area contributed by atoms with Gasteiger partial charge in [0.05, 0.1) is 11.4 Å². The van der Waals surface area contributed by atoms with E-state index in [2.05, 4.69) is 10.4 Å². The van der Waals surface area contributed by atoms with Crippen molar-refractivity contribution in [1.29, 1.82) is 0 Å². The molecule has 0 spiro atoms. The number of amides is 1. The van der Waals surface area contributed by atoms with Crippen LogP contribution >= 0.6 is 11.3 Å². The van der Waals surface area contributed by atoms with Crippen molar-refractivity contribution in [1.82, 2.24) is 15.1 Å². The number of benzene rings is 1. The van der Waals surface area contributed by atoms with Crippen molar-refractivity contribution in [2.45, 2.75) is 33.0 Å². The minimum absolute atomic E-state index is 0.00163. The molecule has 0 bridgehead atoms. The predicted molar refractivity (Wildman–Crippen MR) is 99.0 cm³/mol. The Kier molecular flexibility index (Phi) is 5.50. The fourth-order valence-corrected chi connectivity index (χ4v) is 3.20. The summed E-state index contributed by atoms with van der Waals surface area (Å²) in [5.41, 5.74) is 2.20. The Hall–Kier alpha value is -2.60. The van der Waals surface area contributed by atoms with Crippen molar-refractivity contribution in [3.63, 3.8) is 0 Å². The first-order valence-electron chi connectivity index (χ1n) is 8.15. The first-order chi connectivity index (χ1) is 12.1. The molecule has 0 aliphatic heterocycles. The normalized spacial score (nSPS) is 11.9. The maximum atomic E-state index is 12.3. The standard InChI is InChI=1S/C19H21N3O2S/c1-14-4-6-17(7-5-14)24-12-16-10-18(25-13-16)19(23)21-15(2)11-22-9-3-8-20-22/h3-10,13,15H,11-12H2,1-2H3,(H,21,23). The molecule has 130 valence electrons. The minimum Gasteiger partial charge on any atom is -0.489 e. The van der Waals surface area contributed by atoms with Gasteiger partial charge in [0.1, 0.15) is 12.4 Å². The number of hydrogen-bond donors (Lipinski definition) is 1. The summed E-state index contributed by atoms with van der Waals surface area (Å²) in [6, 6.07) is 11.7. The second-order valence-electron chi connectivity index (χ2n) is 6.02. The summed E-state index contributed by atoms with van der Waals surface area (Å²) < 4.78 is 7.56. The molecule has 0 radical (unpaired) electrons. The molecule has 0 saturated carbocycles. The molecule has 1 unspecified atom stereocenters. The largest absolute Gasteiger partial charge is 0.489 e. The lowest BCUT2D eigenvalue weighted by molar-refractivity contribution is 0.0940. The van der Waals surface area contributed by atoms with Gasteiger partial charge in [0.2, 0.25) is 0 Å². The van der Waals surface area contributed by atoms with Crippen LogP contribution in [-0.2, 0) is 13.2 Å². The molecule has 0 fully saturated rings. The van der Waals surface area contributed by atoms with Crippen LogP contribution in [0.1, 0.15) is 27.7 Å². The molecule has 2 aromatic heterocycles. The van der Waals surface area contributed by atoms with Crippen LogP contribution in [0.25, 0.3) is 0 Å². The molecule has 25 heavy (non-hydrogen) atoms. The summed E-state index contributed by atoms with van der Waals surface area (Å²) in [4.78, 5) is 13.0. The van der Waals surface area contributed by atoms with E-state index in [9.17, 15) is 4.79 Å². The number of nitrogens with one attached hydrogen (secondary N) is 1. The predicted octanol–water partition coefficient (Wildman–Crippen LogP) is 3.65. The van der Waals surface area contributed by atoms with Crippen LogP contribution in [0.2, 0.25) is 0 Å². The quantitative estimate of drug-likeness (QED) is 0.704. The summed E-state index contributed by atoms with van der Waals surface area (Å²) in [5.74, 6) is 0.766. The third-order valence-corrected chi connectivity index (χ3v) is 4.68. The van der Waals surface area contributed by atoms with Crippen molar-refractivity contribution in [2.24, 2.45) is 0 Å². The number of carbonyl (C=O) groups is 1. The Morgan fingerprint density at radius 2 is 2.16 bits per heavy atom. The highest BCUT2D eigenvalue weighted by Gasteiger charge is 2.13. The molecule has 0 saturated heterocycles. The van der Waals surface area contributed by atoms with Gasteiger partial charge in [0, 0.05) is 24.0 Å². The van der Waals surface area contributed by atoms with Gasteiger partial charge in [-0.2, -0.15) is 5.10 Å². The number of ether oxygens (including phenoxy) is 1. The van der Waals surface area contributed by atoms with Crippen LogP contribution in [0.5, 0.6) is 5.75 Å². The Morgan fingerprint density at radius 3 is 2.88 bits per heavy atom. The summed E-state index contributed by atoms with van der Waals surface area (Å²) >= 11 is 1.43. The van der Waals surface area contributed by atoms with Gasteiger partial charge < -0.3 is 10.1 Å². The van der Waals surface area contributed by atoms with Gasteiger partial charge in [-0.1, -0.05) is 17.7 Å². The van der Waals surface area contributed by atoms with Gasteiger partial charge in [-0.25, -0.2) is 0 Å². The SMILES string of the molecule is Cc1ccc(OCc2csc(C(=O)NC(C)Cn3cccn3)c2)cc1. The zero-order chi connectivity index (χ0) is 17.6. The van der Waals surface area contributed by atoms with E-state index in [0.717, 1.165) is 11.3 Å². The van der Waals surface area contributed by atoms with Crippen LogP contribution in [0.4, 0.5) is 0 Å². The fourth-order valence-electron chi connectivity index (χ4n) is 2.40. The second-order valence-corrected chi connectivity index (χ2v) is 6.93. The van der Waals surface area contributed by atoms with Crippen LogP contribution in [-0.4, -0.2) is 21.7 Å². The first kappa shape index (κ1) is 17.2. The number of rotatable bonds is 7. The van der Waals surface area contributed by atoms with Crippen molar-refractivity contribution in [3.8, 4) is 5.75 Å². The highest BCUT2D eigenvalue weighted by atomic mass is 32.1. The molecular formula is C19H21N3O2S. The molecule has 1 amide bonds. The van der Waals surface area contributed by atoms with Crippen molar-refractivity contribution >= 4 is 17.2 Å². The smallest absolute Gasteiger partial charge is 0.261 e. The molecular weight excluding hydrogens is 334 g/mol. The van der Waals surface area contributed by atoms with E-state index in [4.69, 9.17) is 4.74 Å². The van der Waals surface area contributed by atoms with E-state index in [0.29, 0.717) is 18.0 Å². The van der Waals surface area contributed by atoms with Crippen molar-refractivity contribution in [2.75, 3.05) is 0 Å². The van der Waals surface area contributed by atoms with Gasteiger partial charge in [-0.3, -0.25) is 9.48 Å². The number of nitrogens with zero attached hydrogens (tertiary/aromatic N) is 2. The fraction of sp³-hybridized carbons (Fsp3) is 0.263. The van der Waals surface area contributed by atoms with Gasteiger partial charge in [-0.05, 0) is 43.5 Å². The molecule has 6 heteroatoms. The highest BCUT2D eigenvalue weighted by molar-refractivity contribution is 7.12. The maximum absolute atomic E-state index is 12.3. The molecule has 5 nitrogen and oxygen atoms in total. The Labute approximate surface area is 151 Å². The Morgan fingerprint density at radius 1 is 1.36 bits per heavy atom. The molecule has 2 heterocycles. The van der Waals surface area contributed by atoms with E-state index in [1.165, 1.54) is 16.9 Å². The van der Waals surface area contributed by atoms with E-state index in [1.807, 2.05) is 61.8 Å². The average Bonchev–Trinajstić information content (AvgIpc) is 3.26. The molecule has 3 aromatic rings. The Balaban J connectivity index is 1.51. The van der Waals surface area contributed by atoms with Gasteiger partial charge in [-0.15, -0.1) is 11.3 Å². The van der Waals surface area contributed by atoms with Gasteiger partial charge >= 0.3 is 0 Å². The topological polar surface area (TPSA) is 56.1 Å². The molecule has 3 rings (SSSR count). The number of carbonyl (C=O) groups excluding carboxylic acids is 1. The van der Waals surface area contributed by atoms with Crippen molar-refractivity contribution in [3.05, 3.63) is 70.2 Å². The maximum Gasteiger partial charge on any atom is 0.261 e. The molecule has 0 aliphatic rings. The third-order valence-electron chi connectivity index (χ3n) is 3.70. The van der Waals surface area contributed by atoms with Crippen LogP contribution in [0.3, 0.4) is 0 Å². The monoisotopic (exact) mass is 355 g/mol. The lowest BCUT2D eigenvalue weighted by Gasteiger charge is -2.13. The van der Waals surface area contributed by atoms with Gasteiger partial charge in [0.15, 0.2) is 0 Å². The van der Waals surface area contributed by atoms with E-state index in [1.54, 1.807) is 10.9 Å². The molecule has 1 aromatic carbocycles. The summed E-state index contributed by atoms with van der Waals surface area (Å²) in [5, 5.41) is 9.11. The summed E-state index contributed by atoms with van der Waals surface area (Å²) in [6.07, 6.45) is 3.61. The lowest BCUT2D eigenvalue weighted by Crippen LogP contribution is -2.35. The van der Waals surface area contributed by atoms with Crippen LogP contribution in [0.15, 0.2) is 54.2 Å². The Bertz CT molecular complexity index is 810. The first-order valence-corrected chi connectivity index (χ1v) is 9.03. The van der Waals surface area contributed by atoms with Gasteiger partial charge in [0.25, 0.3) is 5.91 Å². The summed E-state index contributed by atoms with van der Waals surface area (Å²) in [6.45, 7) is 5.11. The number of hydrogen-bond acceptors (Lipinski definition) is 4. The van der Waals surface area contributed by atoms with Crippen LogP contribution in [0, 0.1) is 6.92 Å². The molecule has 0 aliphatic carbocycles. The number of thiophene rings is 1. The lowest BCUT2D eigenvalue weighted by atomic mass is 10.2. The zero-order valence-corrected chi connectivity index (χ0v) is 15.1. The van der Waals surface area contributed by atoms with E-state index < -0.39 is 0 Å². The molecule has 1 atom stereocenters. The number of aryl methyl sites for hydroxylation is 1. The minimum atomic E-state index is -0.0637. The van der Waals surface area contributed by atoms with Crippen molar-refractivity contribution < 1.29 is 9.53 Å². The highest BCUT2D eigenvalue weighted by Crippen LogP contribution is 2.18. The van der Waals surface area contributed by atoms with E-state index >= 15 is 0 Å². The average molecular weight is 355 g/mol. The third kappa shape index (κ3) is 4.93. The van der Waals surface area contributed by atoms with E-state index in [-0.39, 0.29) is 11.9 Å². The number of aromatic nitrogens is 2. The molecule has 1 N–H and O–H groups in total. The summed E-state index contributed by atoms with van der Waals surface area (Å²) in [7, 11) is 0. The second kappa shape index (κ2) is 7.98. The van der Waals surface area contributed by atoms with Crippen LogP contribution < -0.4 is 10.1 Å². The zero-order valence-electron chi connectivity index (χ0n) is 14.3.